The maximum atomic E-state index is 14.1. The van der Waals surface area contributed by atoms with Crippen LogP contribution >= 0.6 is 0 Å². The van der Waals surface area contributed by atoms with Crippen LogP contribution in [-0.4, -0.2) is 34.5 Å². The largest absolute Gasteiger partial charge is 0.444 e. The van der Waals surface area contributed by atoms with Crippen LogP contribution in [0.2, 0.25) is 0 Å². The van der Waals surface area contributed by atoms with Gasteiger partial charge in [0, 0.05) is 29.0 Å². The van der Waals surface area contributed by atoms with Crippen molar-refractivity contribution >= 4 is 22.6 Å². The molecule has 2 aliphatic heterocycles. The average Bonchev–Trinajstić information content (AvgIpc) is 2.90. The number of fused-ring (bicyclic) bond motifs is 3. The van der Waals surface area contributed by atoms with Gasteiger partial charge < -0.3 is 9.64 Å². The van der Waals surface area contributed by atoms with E-state index in [1.54, 1.807) is 24.3 Å². The molecule has 4 rings (SSSR count). The molecule has 2 saturated heterocycles. The lowest BCUT2D eigenvalue weighted by Crippen LogP contribution is -2.49. The van der Waals surface area contributed by atoms with Crippen molar-refractivity contribution in [3.05, 3.63) is 47.8 Å². The van der Waals surface area contributed by atoms with E-state index in [0.29, 0.717) is 29.2 Å². The van der Waals surface area contributed by atoms with Crippen molar-refractivity contribution in [2.45, 2.75) is 64.1 Å². The molecule has 0 aliphatic carbocycles. The van der Waals surface area contributed by atoms with Crippen molar-refractivity contribution in [1.29, 1.82) is 0 Å². The summed E-state index contributed by atoms with van der Waals surface area (Å²) in [6.45, 7) is 5.59. The molecule has 0 spiro atoms. The zero-order valence-corrected chi connectivity index (χ0v) is 16.6. The first kappa shape index (κ1) is 18.9. The second kappa shape index (κ2) is 6.87. The Morgan fingerprint density at radius 2 is 1.61 bits per heavy atom. The van der Waals surface area contributed by atoms with Gasteiger partial charge in [-0.1, -0.05) is 24.3 Å². The first-order valence-electron chi connectivity index (χ1n) is 9.97. The first-order valence-corrected chi connectivity index (χ1v) is 9.97. The van der Waals surface area contributed by atoms with Crippen LogP contribution in [0.1, 0.15) is 56.8 Å². The number of hydrogen-bond donors (Lipinski definition) is 0. The van der Waals surface area contributed by atoms with Gasteiger partial charge in [-0.25, -0.2) is 9.18 Å². The molecule has 1 amide bonds. The Kier molecular flexibility index (Phi) is 4.64. The molecule has 2 atom stereocenters. The van der Waals surface area contributed by atoms with Gasteiger partial charge in [-0.15, -0.1) is 0 Å². The van der Waals surface area contributed by atoms with Crippen molar-refractivity contribution in [3.8, 4) is 0 Å². The van der Waals surface area contributed by atoms with Crippen molar-refractivity contribution in [1.82, 2.24) is 4.90 Å². The van der Waals surface area contributed by atoms with Crippen molar-refractivity contribution in [2.24, 2.45) is 5.92 Å². The minimum Gasteiger partial charge on any atom is -0.444 e. The molecule has 28 heavy (non-hydrogen) atoms. The lowest BCUT2D eigenvalue weighted by atomic mass is 9.83. The summed E-state index contributed by atoms with van der Waals surface area (Å²) >= 11 is 0. The molecule has 2 aliphatic rings. The van der Waals surface area contributed by atoms with Crippen LogP contribution in [0, 0.1) is 11.7 Å². The second-order valence-electron chi connectivity index (χ2n) is 8.95. The van der Waals surface area contributed by atoms with Crippen molar-refractivity contribution < 1.29 is 18.7 Å². The molecule has 2 aromatic rings. The monoisotopic (exact) mass is 383 g/mol. The van der Waals surface area contributed by atoms with Gasteiger partial charge in [-0.2, -0.15) is 0 Å². The van der Waals surface area contributed by atoms with Crippen LogP contribution in [0.25, 0.3) is 10.8 Å². The van der Waals surface area contributed by atoms with Gasteiger partial charge in [0.05, 0.1) is 0 Å². The van der Waals surface area contributed by atoms with E-state index in [9.17, 15) is 14.0 Å². The molecule has 2 heterocycles. The third-order valence-corrected chi connectivity index (χ3v) is 5.84. The van der Waals surface area contributed by atoms with E-state index < -0.39 is 5.60 Å². The summed E-state index contributed by atoms with van der Waals surface area (Å²) in [6, 6.07) is 10.2. The number of carbonyl (C=O) groups is 2. The van der Waals surface area contributed by atoms with E-state index >= 15 is 0 Å². The summed E-state index contributed by atoms with van der Waals surface area (Å²) in [5.74, 6) is -0.408. The van der Waals surface area contributed by atoms with Crippen LogP contribution in [0.4, 0.5) is 9.18 Å². The minimum atomic E-state index is -0.532. The first-order chi connectivity index (χ1) is 13.2. The smallest absolute Gasteiger partial charge is 0.410 e. The number of nitrogens with zero attached hydrogens (tertiary/aromatic N) is 1. The molecule has 0 radical (unpaired) electrons. The van der Waals surface area contributed by atoms with Gasteiger partial charge in [0.2, 0.25) is 0 Å². The van der Waals surface area contributed by atoms with Crippen LogP contribution in [0.3, 0.4) is 0 Å². The Hall–Kier alpha value is -2.43. The van der Waals surface area contributed by atoms with E-state index in [2.05, 4.69) is 0 Å². The third-order valence-electron chi connectivity index (χ3n) is 5.84. The standard InChI is InChI=1S/C23H26FNO3/c1-23(2,3)28-22(27)25-15-8-9-16(25)13-14(12-15)21(26)19-10-11-20(24)18-7-5-4-6-17(18)19/h4-7,10-11,14-16H,8-9,12-13H2,1-3H3. The average molecular weight is 383 g/mol. The topological polar surface area (TPSA) is 46.6 Å². The highest BCUT2D eigenvalue weighted by Gasteiger charge is 2.46. The lowest BCUT2D eigenvalue weighted by Gasteiger charge is -2.39. The summed E-state index contributed by atoms with van der Waals surface area (Å²) in [6.07, 6.45) is 2.80. The Bertz CT molecular complexity index is 919. The quantitative estimate of drug-likeness (QED) is 0.658. The number of rotatable bonds is 2. The van der Waals surface area contributed by atoms with E-state index in [-0.39, 0.29) is 35.7 Å². The molecule has 4 nitrogen and oxygen atoms in total. The van der Waals surface area contributed by atoms with Crippen molar-refractivity contribution in [2.75, 3.05) is 0 Å². The van der Waals surface area contributed by atoms with Crippen LogP contribution in [0.5, 0.6) is 0 Å². The zero-order valence-electron chi connectivity index (χ0n) is 16.6. The van der Waals surface area contributed by atoms with Gasteiger partial charge in [-0.3, -0.25) is 4.79 Å². The van der Waals surface area contributed by atoms with Gasteiger partial charge in [0.1, 0.15) is 11.4 Å². The summed E-state index contributed by atoms with van der Waals surface area (Å²) in [5.41, 5.74) is 0.0445. The molecule has 0 N–H and O–H groups in total. The fourth-order valence-electron chi connectivity index (χ4n) is 4.70. The highest BCUT2D eigenvalue weighted by molar-refractivity contribution is 6.09. The lowest BCUT2D eigenvalue weighted by molar-refractivity contribution is 0.00255. The maximum Gasteiger partial charge on any atom is 0.410 e. The molecular weight excluding hydrogens is 357 g/mol. The van der Waals surface area contributed by atoms with E-state index in [1.165, 1.54) is 6.07 Å². The van der Waals surface area contributed by atoms with Gasteiger partial charge in [0.15, 0.2) is 5.78 Å². The number of halogens is 1. The minimum absolute atomic E-state index is 0.0364. The Morgan fingerprint density at radius 3 is 2.21 bits per heavy atom. The Balaban J connectivity index is 1.56. The molecular formula is C23H26FNO3. The fourth-order valence-corrected chi connectivity index (χ4v) is 4.70. The predicted molar refractivity (Wildman–Crippen MR) is 106 cm³/mol. The van der Waals surface area contributed by atoms with Crippen LogP contribution < -0.4 is 0 Å². The zero-order chi connectivity index (χ0) is 20.1. The second-order valence-corrected chi connectivity index (χ2v) is 8.95. The Morgan fingerprint density at radius 1 is 1.00 bits per heavy atom. The van der Waals surface area contributed by atoms with Gasteiger partial charge in [0.25, 0.3) is 0 Å². The molecule has 2 unspecified atom stereocenters. The van der Waals surface area contributed by atoms with E-state index in [0.717, 1.165) is 12.8 Å². The Labute approximate surface area is 164 Å². The number of piperidine rings is 1. The number of carbonyl (C=O) groups excluding carboxylic acids is 2. The fraction of sp³-hybridized carbons (Fsp3) is 0.478. The summed E-state index contributed by atoms with van der Waals surface area (Å²) < 4.78 is 19.7. The van der Waals surface area contributed by atoms with Crippen LogP contribution in [-0.2, 0) is 4.74 Å². The normalized spacial score (nSPS) is 24.4. The summed E-state index contributed by atoms with van der Waals surface area (Å²) in [5, 5.41) is 1.14. The van der Waals surface area contributed by atoms with Gasteiger partial charge >= 0.3 is 6.09 Å². The summed E-state index contributed by atoms with van der Waals surface area (Å²) in [7, 11) is 0. The number of benzene rings is 2. The number of ether oxygens (including phenoxy) is 1. The number of ketones is 1. The molecule has 2 aromatic carbocycles. The molecule has 2 fully saturated rings. The third kappa shape index (κ3) is 3.38. The maximum absolute atomic E-state index is 14.1. The highest BCUT2D eigenvalue weighted by atomic mass is 19.1. The SMILES string of the molecule is CC(C)(C)OC(=O)N1C2CCC1CC(C(=O)c1ccc(F)c3ccccc13)C2. The number of amides is 1. The predicted octanol–water partition coefficient (Wildman–Crippen LogP) is 5.34. The molecule has 148 valence electrons. The summed E-state index contributed by atoms with van der Waals surface area (Å²) in [4.78, 5) is 27.7. The van der Waals surface area contributed by atoms with E-state index in [4.69, 9.17) is 4.74 Å². The molecule has 0 saturated carbocycles. The molecule has 0 aromatic heterocycles. The highest BCUT2D eigenvalue weighted by Crippen LogP contribution is 2.41. The van der Waals surface area contributed by atoms with Crippen LogP contribution in [0.15, 0.2) is 36.4 Å². The molecule has 5 heteroatoms. The van der Waals surface area contributed by atoms with E-state index in [1.807, 2.05) is 31.7 Å². The number of hydrogen-bond acceptors (Lipinski definition) is 3. The molecule has 2 bridgehead atoms. The van der Waals surface area contributed by atoms with Crippen molar-refractivity contribution in [3.63, 3.8) is 0 Å². The van der Waals surface area contributed by atoms with Gasteiger partial charge in [-0.05, 0) is 64.0 Å². The number of Topliss-reactive ketones (excluding diaryl/α,β-unsaturated/α-hetero) is 1.